The number of nitrogens with zero attached hydrogens (tertiary/aromatic N) is 4. The van der Waals surface area contributed by atoms with Crippen LogP contribution in [-0.4, -0.2) is 61.8 Å². The van der Waals surface area contributed by atoms with Crippen molar-refractivity contribution in [2.24, 2.45) is 5.73 Å². The van der Waals surface area contributed by atoms with Gasteiger partial charge in [-0.2, -0.15) is 5.10 Å². The second kappa shape index (κ2) is 11.0. The first-order valence-electron chi connectivity index (χ1n) is 11.0. The third-order valence-electron chi connectivity index (χ3n) is 5.58. The maximum Gasteiger partial charge on any atom is 0.255 e. The van der Waals surface area contributed by atoms with Crippen LogP contribution < -0.4 is 11.1 Å². The summed E-state index contributed by atoms with van der Waals surface area (Å²) in [6.45, 7) is 4.91. The predicted molar refractivity (Wildman–Crippen MR) is 116 cm³/mol. The highest BCUT2D eigenvalue weighted by molar-refractivity contribution is 5.97. The lowest BCUT2D eigenvalue weighted by molar-refractivity contribution is -0.127. The summed E-state index contributed by atoms with van der Waals surface area (Å²) in [5, 5.41) is 17.5. The Kier molecular flexibility index (Phi) is 8.13. The van der Waals surface area contributed by atoms with Crippen LogP contribution in [0.5, 0.6) is 0 Å². The van der Waals surface area contributed by atoms with Crippen molar-refractivity contribution in [1.29, 1.82) is 0 Å². The largest absolute Gasteiger partial charge is 0.381 e. The number of aromatic nitrogens is 3. The molecule has 0 aliphatic carbocycles. The van der Waals surface area contributed by atoms with E-state index in [2.05, 4.69) is 20.3 Å². The molecule has 0 radical (unpaired) electrons. The first-order valence-corrected chi connectivity index (χ1v) is 11.0. The summed E-state index contributed by atoms with van der Waals surface area (Å²) >= 11 is 0. The number of carbonyl (C=O) groups excluding carboxylic acids is 2. The number of hydrogen-bond donors (Lipinski definition) is 3. The van der Waals surface area contributed by atoms with E-state index in [0.29, 0.717) is 17.8 Å². The van der Waals surface area contributed by atoms with Gasteiger partial charge in [0.2, 0.25) is 5.91 Å². The number of aliphatic hydroxyl groups excluding tert-OH is 1. The van der Waals surface area contributed by atoms with Crippen LogP contribution in [0.1, 0.15) is 61.5 Å². The fourth-order valence-corrected chi connectivity index (χ4v) is 3.84. The average Bonchev–Trinajstić information content (AvgIpc) is 3.25. The van der Waals surface area contributed by atoms with Crippen molar-refractivity contribution in [3.63, 3.8) is 0 Å². The van der Waals surface area contributed by atoms with E-state index in [4.69, 9.17) is 5.73 Å². The molecule has 0 spiro atoms. The fraction of sp³-hybridized carbons (Fsp3) is 0.545. The molecule has 2 amide bonds. The highest BCUT2D eigenvalue weighted by atomic mass is 16.3. The van der Waals surface area contributed by atoms with E-state index in [1.165, 1.54) is 19.3 Å². The zero-order chi connectivity index (χ0) is 22.2. The van der Waals surface area contributed by atoms with Gasteiger partial charge >= 0.3 is 0 Å². The highest BCUT2D eigenvalue weighted by Crippen LogP contribution is 2.16. The molecule has 9 heteroatoms. The zero-order valence-corrected chi connectivity index (χ0v) is 18.0. The maximum atomic E-state index is 13.0. The number of piperidine rings is 1. The molecule has 2 aromatic rings. The Balaban J connectivity index is 1.76. The third kappa shape index (κ3) is 6.11. The number of amides is 2. The molecule has 9 nitrogen and oxygen atoms in total. The van der Waals surface area contributed by atoms with Crippen molar-refractivity contribution in [3.05, 3.63) is 41.9 Å². The van der Waals surface area contributed by atoms with Gasteiger partial charge in [0, 0.05) is 18.9 Å². The van der Waals surface area contributed by atoms with Gasteiger partial charge in [-0.3, -0.25) is 14.5 Å². The van der Waals surface area contributed by atoms with Crippen LogP contribution in [0.25, 0.3) is 5.82 Å². The zero-order valence-electron chi connectivity index (χ0n) is 18.0. The summed E-state index contributed by atoms with van der Waals surface area (Å²) in [6, 6.07) is 4.50. The molecule has 2 aromatic heterocycles. The SMILES string of the molecule is CCCCC(NC(=O)c1cccnc1-n1ccc(CN2CCCCC2)n1)C(O)C(N)=O. The molecule has 2 unspecified atom stereocenters. The molecular weight excluding hydrogens is 396 g/mol. The lowest BCUT2D eigenvalue weighted by Crippen LogP contribution is -2.49. The number of carbonyl (C=O) groups is 2. The first-order chi connectivity index (χ1) is 15.0. The van der Waals surface area contributed by atoms with E-state index < -0.39 is 24.0 Å². The van der Waals surface area contributed by atoms with Crippen LogP contribution in [0.15, 0.2) is 30.6 Å². The van der Waals surface area contributed by atoms with Crippen LogP contribution in [0.3, 0.4) is 0 Å². The predicted octanol–water partition coefficient (Wildman–Crippen LogP) is 1.39. The minimum Gasteiger partial charge on any atom is -0.381 e. The van der Waals surface area contributed by atoms with Crippen LogP contribution in [-0.2, 0) is 11.3 Å². The smallest absolute Gasteiger partial charge is 0.255 e. The monoisotopic (exact) mass is 428 g/mol. The Hall–Kier alpha value is -2.78. The van der Waals surface area contributed by atoms with E-state index in [1.807, 2.05) is 13.0 Å². The van der Waals surface area contributed by atoms with Gasteiger partial charge in [0.1, 0.15) is 0 Å². The summed E-state index contributed by atoms with van der Waals surface area (Å²) in [7, 11) is 0. The summed E-state index contributed by atoms with van der Waals surface area (Å²) in [5.74, 6) is -0.896. The first kappa shape index (κ1) is 22.9. The lowest BCUT2D eigenvalue weighted by Gasteiger charge is -2.25. The van der Waals surface area contributed by atoms with Gasteiger partial charge < -0.3 is 16.2 Å². The number of nitrogens with two attached hydrogens (primary N) is 1. The van der Waals surface area contributed by atoms with Gasteiger partial charge in [-0.25, -0.2) is 9.67 Å². The summed E-state index contributed by atoms with van der Waals surface area (Å²) < 4.78 is 1.60. The normalized spacial score (nSPS) is 16.6. The van der Waals surface area contributed by atoms with Gasteiger partial charge in [0.05, 0.1) is 17.3 Å². The Bertz CT molecular complexity index is 878. The molecule has 1 aliphatic rings. The molecule has 1 saturated heterocycles. The molecule has 1 aliphatic heterocycles. The molecule has 1 fully saturated rings. The topological polar surface area (TPSA) is 126 Å². The van der Waals surface area contributed by atoms with E-state index in [9.17, 15) is 14.7 Å². The molecule has 2 atom stereocenters. The van der Waals surface area contributed by atoms with Gasteiger partial charge in [0.25, 0.3) is 5.91 Å². The van der Waals surface area contributed by atoms with E-state index in [0.717, 1.165) is 38.2 Å². The van der Waals surface area contributed by atoms with E-state index in [1.54, 1.807) is 29.2 Å². The molecule has 0 saturated carbocycles. The van der Waals surface area contributed by atoms with Crippen molar-refractivity contribution in [2.75, 3.05) is 13.1 Å². The fourth-order valence-electron chi connectivity index (χ4n) is 3.84. The minimum atomic E-state index is -1.45. The molecule has 168 valence electrons. The minimum absolute atomic E-state index is 0.313. The van der Waals surface area contributed by atoms with Gasteiger partial charge in [-0.05, 0) is 50.6 Å². The van der Waals surface area contributed by atoms with Crippen molar-refractivity contribution in [2.45, 2.75) is 64.1 Å². The number of aliphatic hydroxyl groups is 1. The molecule has 3 heterocycles. The third-order valence-corrected chi connectivity index (χ3v) is 5.58. The van der Waals surface area contributed by atoms with Gasteiger partial charge in [0.15, 0.2) is 11.9 Å². The second-order valence-corrected chi connectivity index (χ2v) is 8.03. The Morgan fingerprint density at radius 1 is 1.26 bits per heavy atom. The number of nitrogens with one attached hydrogen (secondary N) is 1. The number of unbranched alkanes of at least 4 members (excludes halogenated alkanes) is 1. The Labute approximate surface area is 182 Å². The van der Waals surface area contributed by atoms with Crippen molar-refractivity contribution >= 4 is 11.8 Å². The molecule has 3 rings (SSSR count). The van der Waals surface area contributed by atoms with Crippen LogP contribution >= 0.6 is 0 Å². The standard InChI is InChI=1S/C22H32N6O3/c1-2-3-9-18(19(29)20(23)30)25-22(31)17-8-7-11-24-21(17)28-14-10-16(26-28)15-27-12-5-4-6-13-27/h7-8,10-11,14,18-19,29H,2-6,9,12-13,15H2,1H3,(H2,23,30)(H,25,31). The van der Waals surface area contributed by atoms with Crippen LogP contribution in [0.2, 0.25) is 0 Å². The lowest BCUT2D eigenvalue weighted by atomic mass is 10.0. The maximum absolute atomic E-state index is 13.0. The number of likely N-dealkylation sites (tertiary alicyclic amines) is 1. The number of hydrogen-bond acceptors (Lipinski definition) is 6. The molecule has 31 heavy (non-hydrogen) atoms. The van der Waals surface area contributed by atoms with Crippen LogP contribution in [0, 0.1) is 0 Å². The average molecular weight is 429 g/mol. The summed E-state index contributed by atoms with van der Waals surface area (Å²) in [6.07, 6.45) is 7.71. The van der Waals surface area contributed by atoms with Crippen molar-refractivity contribution < 1.29 is 14.7 Å². The second-order valence-electron chi connectivity index (χ2n) is 8.03. The van der Waals surface area contributed by atoms with E-state index >= 15 is 0 Å². The Morgan fingerprint density at radius 3 is 2.74 bits per heavy atom. The van der Waals surface area contributed by atoms with Gasteiger partial charge in [-0.1, -0.05) is 26.2 Å². The van der Waals surface area contributed by atoms with Gasteiger partial charge in [-0.15, -0.1) is 0 Å². The van der Waals surface area contributed by atoms with Crippen molar-refractivity contribution in [1.82, 2.24) is 25.0 Å². The number of primary amides is 1. The summed E-state index contributed by atoms with van der Waals surface area (Å²) in [4.78, 5) is 31.2. The molecule has 4 N–H and O–H groups in total. The Morgan fingerprint density at radius 2 is 2.03 bits per heavy atom. The number of pyridine rings is 1. The van der Waals surface area contributed by atoms with Crippen LogP contribution in [0.4, 0.5) is 0 Å². The number of rotatable bonds is 10. The highest BCUT2D eigenvalue weighted by Gasteiger charge is 2.27. The summed E-state index contributed by atoms with van der Waals surface area (Å²) in [5.41, 5.74) is 6.49. The molecule has 0 bridgehead atoms. The quantitative estimate of drug-likeness (QED) is 0.525. The van der Waals surface area contributed by atoms with E-state index in [-0.39, 0.29) is 0 Å². The van der Waals surface area contributed by atoms with Crippen molar-refractivity contribution in [3.8, 4) is 5.82 Å². The molecular formula is C22H32N6O3. The molecule has 0 aromatic carbocycles.